The number of fused-ring (bicyclic) bond motifs is 2. The van der Waals surface area contributed by atoms with Gasteiger partial charge in [0, 0.05) is 34.6 Å². The molecule has 0 saturated carbocycles. The predicted molar refractivity (Wildman–Crippen MR) is 123 cm³/mol. The first-order valence-electron chi connectivity index (χ1n) is 9.89. The Morgan fingerprint density at radius 2 is 1.84 bits per heavy atom. The number of aromatic nitrogens is 7. The molecule has 0 unspecified atom stereocenters. The van der Waals surface area contributed by atoms with Gasteiger partial charge in [-0.25, -0.2) is 15.0 Å². The number of pyridine rings is 3. The molecule has 0 aliphatic rings. The van der Waals surface area contributed by atoms with Crippen LogP contribution in [0.5, 0.6) is 0 Å². The number of nitrogens with zero attached hydrogens (tertiary/aromatic N) is 5. The van der Waals surface area contributed by atoms with Crippen molar-refractivity contribution < 1.29 is 4.79 Å². The van der Waals surface area contributed by atoms with Gasteiger partial charge in [-0.1, -0.05) is 0 Å². The second-order valence-corrected chi connectivity index (χ2v) is 8.35. The first kappa shape index (κ1) is 18.5. The van der Waals surface area contributed by atoms with Crippen molar-refractivity contribution in [3.8, 4) is 33.2 Å². The SMILES string of the molecule is CC(=O)c1ccc(-c2ccnc3nc(-c4n[nH]c5ccc(-c6ccncc6)nc45)[nH]c23)s1. The molecule has 0 fully saturated rings. The normalized spacial score (nSPS) is 11.4. The summed E-state index contributed by atoms with van der Waals surface area (Å²) in [6.07, 6.45) is 5.20. The molecule has 6 rings (SSSR count). The highest BCUT2D eigenvalue weighted by atomic mass is 32.1. The van der Waals surface area contributed by atoms with Crippen molar-refractivity contribution in [2.75, 3.05) is 0 Å². The number of thiophene rings is 1. The van der Waals surface area contributed by atoms with E-state index in [4.69, 9.17) is 4.98 Å². The Morgan fingerprint density at radius 1 is 0.969 bits per heavy atom. The van der Waals surface area contributed by atoms with Crippen molar-refractivity contribution in [2.24, 2.45) is 0 Å². The molecule has 0 saturated heterocycles. The Bertz CT molecular complexity index is 1610. The van der Waals surface area contributed by atoms with E-state index in [1.165, 1.54) is 11.3 Å². The van der Waals surface area contributed by atoms with Crippen molar-refractivity contribution >= 4 is 39.3 Å². The van der Waals surface area contributed by atoms with Crippen molar-refractivity contribution in [1.82, 2.24) is 35.1 Å². The van der Waals surface area contributed by atoms with E-state index in [0.29, 0.717) is 17.2 Å². The maximum atomic E-state index is 11.7. The lowest BCUT2D eigenvalue weighted by atomic mass is 10.1. The summed E-state index contributed by atoms with van der Waals surface area (Å²) in [6, 6.07) is 13.4. The van der Waals surface area contributed by atoms with Crippen molar-refractivity contribution in [3.05, 3.63) is 65.9 Å². The highest BCUT2D eigenvalue weighted by Gasteiger charge is 2.18. The van der Waals surface area contributed by atoms with Gasteiger partial charge in [-0.3, -0.25) is 14.9 Å². The van der Waals surface area contributed by atoms with Crippen LogP contribution in [0.15, 0.2) is 61.1 Å². The minimum Gasteiger partial charge on any atom is -0.335 e. The molecule has 0 spiro atoms. The summed E-state index contributed by atoms with van der Waals surface area (Å²) in [5.41, 5.74) is 6.27. The van der Waals surface area contributed by atoms with Crippen LogP contribution in [0.2, 0.25) is 0 Å². The van der Waals surface area contributed by atoms with Gasteiger partial charge in [0.1, 0.15) is 5.52 Å². The van der Waals surface area contributed by atoms with Crippen LogP contribution in [0.25, 0.3) is 55.4 Å². The molecule has 6 aromatic heterocycles. The standard InChI is InChI=1S/C23H15N7OS/c1-12(31)17-4-5-18(32-17)14-8-11-25-22-19(14)27-23(28-22)21-20-16(29-30-21)3-2-15(26-20)13-6-9-24-10-7-13/h2-11H,1H3,(H,29,30)(H,25,27,28). The smallest absolute Gasteiger partial charge is 0.178 e. The van der Waals surface area contributed by atoms with E-state index < -0.39 is 0 Å². The molecular weight excluding hydrogens is 422 g/mol. The molecule has 2 N–H and O–H groups in total. The third kappa shape index (κ3) is 2.98. The van der Waals surface area contributed by atoms with Gasteiger partial charge in [0.25, 0.3) is 0 Å². The summed E-state index contributed by atoms with van der Waals surface area (Å²) in [6.45, 7) is 1.57. The molecule has 0 aliphatic carbocycles. The van der Waals surface area contributed by atoms with Crippen LogP contribution in [0.3, 0.4) is 0 Å². The van der Waals surface area contributed by atoms with Gasteiger partial charge in [-0.05, 0) is 49.4 Å². The van der Waals surface area contributed by atoms with Crippen LogP contribution in [-0.4, -0.2) is 40.9 Å². The minimum atomic E-state index is 0.0518. The quantitative estimate of drug-likeness (QED) is 0.380. The van der Waals surface area contributed by atoms with Crippen molar-refractivity contribution in [2.45, 2.75) is 6.92 Å². The van der Waals surface area contributed by atoms with E-state index in [2.05, 4.69) is 30.1 Å². The topological polar surface area (TPSA) is 113 Å². The number of aromatic amines is 2. The number of hydrogen-bond acceptors (Lipinski definition) is 7. The highest BCUT2D eigenvalue weighted by molar-refractivity contribution is 7.17. The fourth-order valence-electron chi connectivity index (χ4n) is 3.65. The molecule has 0 amide bonds. The number of imidazole rings is 1. The summed E-state index contributed by atoms with van der Waals surface area (Å²) in [4.78, 5) is 34.8. The number of H-pyrrole nitrogens is 2. The molecule has 6 heterocycles. The monoisotopic (exact) mass is 437 g/mol. The van der Waals surface area contributed by atoms with Crippen molar-refractivity contribution in [3.63, 3.8) is 0 Å². The van der Waals surface area contributed by atoms with E-state index in [-0.39, 0.29) is 5.78 Å². The summed E-state index contributed by atoms with van der Waals surface area (Å²) in [5, 5.41) is 7.49. The fourth-order valence-corrected chi connectivity index (χ4v) is 4.58. The lowest BCUT2D eigenvalue weighted by molar-refractivity contribution is 0.102. The first-order chi connectivity index (χ1) is 15.7. The Kier molecular flexibility index (Phi) is 4.15. The summed E-state index contributed by atoms with van der Waals surface area (Å²) >= 11 is 1.45. The average molecular weight is 437 g/mol. The predicted octanol–water partition coefficient (Wildman–Crippen LogP) is 4.89. The zero-order valence-corrected chi connectivity index (χ0v) is 17.6. The van der Waals surface area contributed by atoms with Gasteiger partial charge in [0.05, 0.1) is 21.6 Å². The Morgan fingerprint density at radius 3 is 2.66 bits per heavy atom. The van der Waals surface area contributed by atoms with Crippen LogP contribution in [0, 0.1) is 0 Å². The van der Waals surface area contributed by atoms with Crippen LogP contribution in [-0.2, 0) is 0 Å². The molecule has 0 bridgehead atoms. The van der Waals surface area contributed by atoms with Gasteiger partial charge >= 0.3 is 0 Å². The van der Waals surface area contributed by atoms with E-state index in [1.54, 1.807) is 25.5 Å². The fraction of sp³-hybridized carbons (Fsp3) is 0.0435. The van der Waals surface area contributed by atoms with E-state index in [0.717, 1.165) is 43.1 Å². The molecule has 154 valence electrons. The first-order valence-corrected chi connectivity index (χ1v) is 10.7. The molecule has 9 heteroatoms. The minimum absolute atomic E-state index is 0.0518. The third-order valence-electron chi connectivity index (χ3n) is 5.22. The number of carbonyl (C=O) groups is 1. The Balaban J connectivity index is 1.49. The molecule has 0 aromatic carbocycles. The largest absolute Gasteiger partial charge is 0.335 e. The highest BCUT2D eigenvalue weighted by Crippen LogP contribution is 2.34. The number of Topliss-reactive ketones (excluding diaryl/α,β-unsaturated/α-hetero) is 1. The average Bonchev–Trinajstić information content (AvgIpc) is 3.56. The number of ketones is 1. The molecule has 8 nitrogen and oxygen atoms in total. The molecule has 32 heavy (non-hydrogen) atoms. The van der Waals surface area contributed by atoms with E-state index in [9.17, 15) is 4.79 Å². The van der Waals surface area contributed by atoms with Crippen LogP contribution in [0.4, 0.5) is 0 Å². The van der Waals surface area contributed by atoms with E-state index in [1.807, 2.05) is 42.5 Å². The zero-order valence-electron chi connectivity index (χ0n) is 16.8. The Labute approximate surface area is 185 Å². The number of hydrogen-bond donors (Lipinski definition) is 2. The number of carbonyl (C=O) groups excluding carboxylic acids is 1. The molecule has 0 atom stereocenters. The molecular formula is C23H15N7OS. The van der Waals surface area contributed by atoms with Gasteiger partial charge in [0.15, 0.2) is 22.9 Å². The van der Waals surface area contributed by atoms with Crippen molar-refractivity contribution in [1.29, 1.82) is 0 Å². The number of rotatable bonds is 4. The van der Waals surface area contributed by atoms with Crippen LogP contribution >= 0.6 is 11.3 Å². The van der Waals surface area contributed by atoms with Gasteiger partial charge < -0.3 is 4.98 Å². The maximum absolute atomic E-state index is 11.7. The van der Waals surface area contributed by atoms with Gasteiger partial charge in [-0.15, -0.1) is 11.3 Å². The maximum Gasteiger partial charge on any atom is 0.178 e. The second-order valence-electron chi connectivity index (χ2n) is 7.26. The molecule has 0 radical (unpaired) electrons. The van der Waals surface area contributed by atoms with Crippen LogP contribution < -0.4 is 0 Å². The third-order valence-corrected chi connectivity index (χ3v) is 6.44. The van der Waals surface area contributed by atoms with Gasteiger partial charge in [0.2, 0.25) is 0 Å². The zero-order chi connectivity index (χ0) is 21.7. The molecule has 0 aliphatic heterocycles. The number of nitrogens with one attached hydrogen (secondary N) is 2. The lowest BCUT2D eigenvalue weighted by Gasteiger charge is -2.00. The van der Waals surface area contributed by atoms with E-state index >= 15 is 0 Å². The lowest BCUT2D eigenvalue weighted by Crippen LogP contribution is -1.87. The van der Waals surface area contributed by atoms with Gasteiger partial charge in [-0.2, -0.15) is 5.10 Å². The summed E-state index contributed by atoms with van der Waals surface area (Å²) < 4.78 is 0. The summed E-state index contributed by atoms with van der Waals surface area (Å²) in [7, 11) is 0. The Hall–Kier alpha value is -4.24. The van der Waals surface area contributed by atoms with Crippen LogP contribution in [0.1, 0.15) is 16.6 Å². The molecule has 6 aromatic rings. The second kappa shape index (κ2) is 7.17. The summed E-state index contributed by atoms with van der Waals surface area (Å²) in [5.74, 6) is 0.629.